The summed E-state index contributed by atoms with van der Waals surface area (Å²) in [4.78, 5) is 15.8. The molecule has 0 bridgehead atoms. The number of allylic oxidation sites excluding steroid dienone is 2. The average molecular weight is 363 g/mol. The molecule has 0 saturated heterocycles. The molecule has 0 saturated carbocycles. The molecule has 0 rings (SSSR count). The first-order valence-corrected chi connectivity index (χ1v) is 9.78. The van der Waals surface area contributed by atoms with Crippen LogP contribution >= 0.6 is 0 Å². The standard InChI is InChI=1S/C19H30N2O.2C2H6/c1-6-10-11-14-20(17-18(5)8-3)15-12-16-21(9-4)19(22)13-7-2;2*1-2/h6-9,13H,1,3-5,10-12,14-17H2,2H3;2*1-2H3/b13-7-;;. The van der Waals surface area contributed by atoms with Gasteiger partial charge in [0.15, 0.2) is 0 Å². The molecule has 0 aromatic heterocycles. The van der Waals surface area contributed by atoms with Gasteiger partial charge >= 0.3 is 0 Å². The minimum Gasteiger partial charge on any atom is -0.316 e. The Kier molecular flexibility index (Phi) is 25.7. The molecule has 1 amide bonds. The molecule has 150 valence electrons. The fourth-order valence-corrected chi connectivity index (χ4v) is 2.08. The second-order valence-corrected chi connectivity index (χ2v) is 5.14. The van der Waals surface area contributed by atoms with Crippen LogP contribution in [0.4, 0.5) is 0 Å². The van der Waals surface area contributed by atoms with E-state index in [0.717, 1.165) is 44.5 Å². The van der Waals surface area contributed by atoms with Crippen molar-refractivity contribution in [3.8, 4) is 0 Å². The van der Waals surface area contributed by atoms with Crippen molar-refractivity contribution in [3.63, 3.8) is 0 Å². The Morgan fingerprint density at radius 2 is 1.54 bits per heavy atom. The molecule has 0 unspecified atom stereocenters. The van der Waals surface area contributed by atoms with E-state index < -0.39 is 0 Å². The minimum absolute atomic E-state index is 0.0220. The third kappa shape index (κ3) is 17.0. The highest BCUT2D eigenvalue weighted by atomic mass is 16.2. The summed E-state index contributed by atoms with van der Waals surface area (Å²) in [5.74, 6) is -0.0220. The van der Waals surface area contributed by atoms with Gasteiger partial charge in [-0.1, -0.05) is 65.7 Å². The number of hydrogen-bond acceptors (Lipinski definition) is 2. The first kappa shape index (κ1) is 28.9. The monoisotopic (exact) mass is 362 g/mol. The highest BCUT2D eigenvalue weighted by molar-refractivity contribution is 5.88. The second-order valence-electron chi connectivity index (χ2n) is 5.14. The van der Waals surface area contributed by atoms with E-state index in [1.807, 2.05) is 40.7 Å². The lowest BCUT2D eigenvalue weighted by Crippen LogP contribution is -2.31. The van der Waals surface area contributed by atoms with Crippen LogP contribution in [0.1, 0.15) is 53.9 Å². The number of nitrogens with zero attached hydrogens (tertiary/aromatic N) is 2. The van der Waals surface area contributed by atoms with Crippen molar-refractivity contribution in [2.75, 3.05) is 26.2 Å². The van der Waals surface area contributed by atoms with E-state index in [2.05, 4.69) is 31.2 Å². The number of hydrogen-bond donors (Lipinski definition) is 0. The molecule has 0 N–H and O–H groups in total. The second kappa shape index (κ2) is 23.1. The first-order chi connectivity index (χ1) is 12.6. The average Bonchev–Trinajstić information content (AvgIpc) is 2.68. The zero-order valence-corrected chi connectivity index (χ0v) is 18.0. The Balaban J connectivity index is -0.00000123. The Labute approximate surface area is 163 Å². The largest absolute Gasteiger partial charge is 0.316 e. The molecule has 3 heteroatoms. The molecule has 0 aliphatic rings. The van der Waals surface area contributed by atoms with E-state index in [1.54, 1.807) is 29.3 Å². The third-order valence-corrected chi connectivity index (χ3v) is 3.28. The first-order valence-electron chi connectivity index (χ1n) is 9.78. The predicted molar refractivity (Wildman–Crippen MR) is 119 cm³/mol. The molecule has 0 radical (unpaired) electrons. The molecule has 0 heterocycles. The molecule has 26 heavy (non-hydrogen) atoms. The highest BCUT2D eigenvalue weighted by Gasteiger charge is 2.09. The van der Waals surface area contributed by atoms with Crippen LogP contribution in [0.5, 0.6) is 0 Å². The van der Waals surface area contributed by atoms with Gasteiger partial charge in [0.2, 0.25) is 5.91 Å². The Morgan fingerprint density at radius 3 is 2.00 bits per heavy atom. The van der Waals surface area contributed by atoms with Crippen LogP contribution in [0.3, 0.4) is 0 Å². The molecule has 0 aromatic rings. The van der Waals surface area contributed by atoms with Gasteiger partial charge in [0.1, 0.15) is 0 Å². The van der Waals surface area contributed by atoms with E-state index in [0.29, 0.717) is 6.54 Å². The van der Waals surface area contributed by atoms with Crippen molar-refractivity contribution < 1.29 is 4.79 Å². The summed E-state index contributed by atoms with van der Waals surface area (Å²) < 4.78 is 0. The van der Waals surface area contributed by atoms with Gasteiger partial charge in [-0.2, -0.15) is 0 Å². The van der Waals surface area contributed by atoms with Crippen LogP contribution < -0.4 is 0 Å². The van der Waals surface area contributed by atoms with Gasteiger partial charge in [-0.15, -0.1) is 6.58 Å². The number of carbonyl (C=O) groups excluding carboxylic acids is 1. The highest BCUT2D eigenvalue weighted by Crippen LogP contribution is 2.04. The zero-order chi connectivity index (χ0) is 20.8. The summed E-state index contributed by atoms with van der Waals surface area (Å²) in [6.07, 6.45) is 11.6. The van der Waals surface area contributed by atoms with Gasteiger partial charge in [0.25, 0.3) is 0 Å². The number of amides is 1. The summed E-state index contributed by atoms with van der Waals surface area (Å²) in [6, 6.07) is 0. The van der Waals surface area contributed by atoms with Crippen molar-refractivity contribution in [2.45, 2.75) is 53.9 Å². The minimum atomic E-state index is -0.0220. The van der Waals surface area contributed by atoms with E-state index in [1.165, 1.54) is 0 Å². The summed E-state index contributed by atoms with van der Waals surface area (Å²) in [5.41, 5.74) is 1.02. The molecule has 0 fully saturated rings. The molecular weight excluding hydrogens is 320 g/mol. The van der Waals surface area contributed by atoms with Crippen LogP contribution in [-0.4, -0.2) is 41.9 Å². The topological polar surface area (TPSA) is 23.6 Å². The molecular formula is C23H42N2O. The van der Waals surface area contributed by atoms with E-state index in [4.69, 9.17) is 0 Å². The van der Waals surface area contributed by atoms with Gasteiger partial charge in [0, 0.05) is 19.6 Å². The summed E-state index contributed by atoms with van der Waals surface area (Å²) >= 11 is 0. The van der Waals surface area contributed by atoms with Crippen LogP contribution in [0.25, 0.3) is 0 Å². The van der Waals surface area contributed by atoms with E-state index >= 15 is 0 Å². The molecule has 0 spiro atoms. The van der Waals surface area contributed by atoms with Gasteiger partial charge in [0.05, 0.1) is 0 Å². The Morgan fingerprint density at radius 1 is 0.962 bits per heavy atom. The van der Waals surface area contributed by atoms with Crippen molar-refractivity contribution in [3.05, 3.63) is 62.4 Å². The van der Waals surface area contributed by atoms with Crippen LogP contribution in [0, 0.1) is 0 Å². The number of unbranched alkanes of at least 4 members (excludes halogenated alkanes) is 1. The van der Waals surface area contributed by atoms with Crippen molar-refractivity contribution >= 4 is 5.91 Å². The lowest BCUT2D eigenvalue weighted by Gasteiger charge is -2.24. The normalized spacial score (nSPS) is 9.46. The Bertz CT molecular complexity index is 410. The smallest absolute Gasteiger partial charge is 0.250 e. The SMILES string of the molecule is C=CCCCN(CCCN(C=C)C(=O)/C=C\C)CC(=C)C=C.CC.CC. The quantitative estimate of drug-likeness (QED) is 0.174. The Hall–Kier alpha value is -1.87. The fourth-order valence-electron chi connectivity index (χ4n) is 2.08. The van der Waals surface area contributed by atoms with Crippen molar-refractivity contribution in [1.29, 1.82) is 0 Å². The van der Waals surface area contributed by atoms with Crippen LogP contribution in [0.15, 0.2) is 62.4 Å². The maximum absolute atomic E-state index is 11.8. The lowest BCUT2D eigenvalue weighted by atomic mass is 10.2. The molecule has 3 nitrogen and oxygen atoms in total. The van der Waals surface area contributed by atoms with Crippen molar-refractivity contribution in [1.82, 2.24) is 9.80 Å². The number of rotatable bonds is 13. The molecule has 0 aliphatic heterocycles. The summed E-state index contributed by atoms with van der Waals surface area (Å²) in [7, 11) is 0. The summed E-state index contributed by atoms with van der Waals surface area (Å²) in [6.45, 7) is 28.4. The van der Waals surface area contributed by atoms with Gasteiger partial charge in [-0.25, -0.2) is 0 Å². The summed E-state index contributed by atoms with van der Waals surface area (Å²) in [5, 5.41) is 0. The molecule has 0 aromatic carbocycles. The predicted octanol–water partition coefficient (Wildman–Crippen LogP) is 5.99. The van der Waals surface area contributed by atoms with Gasteiger partial charge < -0.3 is 4.90 Å². The van der Waals surface area contributed by atoms with Crippen molar-refractivity contribution in [2.24, 2.45) is 0 Å². The lowest BCUT2D eigenvalue weighted by molar-refractivity contribution is -0.123. The maximum atomic E-state index is 11.8. The molecule has 0 aliphatic carbocycles. The van der Waals surface area contributed by atoms with Crippen LogP contribution in [-0.2, 0) is 4.79 Å². The van der Waals surface area contributed by atoms with E-state index in [-0.39, 0.29) is 5.91 Å². The third-order valence-electron chi connectivity index (χ3n) is 3.28. The van der Waals surface area contributed by atoms with Gasteiger partial charge in [-0.3, -0.25) is 9.69 Å². The fraction of sp³-hybridized carbons (Fsp3) is 0.522. The van der Waals surface area contributed by atoms with E-state index in [9.17, 15) is 4.79 Å². The van der Waals surface area contributed by atoms with Gasteiger partial charge in [-0.05, 0) is 50.6 Å². The molecule has 0 atom stereocenters. The number of carbonyl (C=O) groups is 1. The zero-order valence-electron chi connectivity index (χ0n) is 18.0. The maximum Gasteiger partial charge on any atom is 0.250 e. The van der Waals surface area contributed by atoms with Crippen LogP contribution in [0.2, 0.25) is 0 Å².